The zero-order valence-electron chi connectivity index (χ0n) is 15.4. The molecule has 0 fully saturated rings. The molecule has 11 heteroatoms. The molecule has 29 heavy (non-hydrogen) atoms. The molecule has 0 unspecified atom stereocenters. The summed E-state index contributed by atoms with van der Waals surface area (Å²) in [6.45, 7) is 0.0354. The van der Waals surface area contributed by atoms with Crippen molar-refractivity contribution in [3.05, 3.63) is 54.0 Å². The van der Waals surface area contributed by atoms with Crippen molar-refractivity contribution in [3.8, 4) is 11.4 Å². The van der Waals surface area contributed by atoms with E-state index in [4.69, 9.17) is 4.74 Å². The number of pyridine rings is 1. The van der Waals surface area contributed by atoms with Gasteiger partial charge in [0.25, 0.3) is 0 Å². The van der Waals surface area contributed by atoms with Gasteiger partial charge in [0, 0.05) is 37.1 Å². The molecule has 0 saturated carbocycles. The number of carbonyl (C=O) groups excluding carboxylic acids is 1. The number of nitrogens with zero attached hydrogens (tertiary/aromatic N) is 4. The number of hydrogen-bond acceptors (Lipinski definition) is 7. The summed E-state index contributed by atoms with van der Waals surface area (Å²) in [4.78, 5) is 21.3. The van der Waals surface area contributed by atoms with Crippen molar-refractivity contribution in [2.24, 2.45) is 0 Å². The molecule has 0 spiro atoms. The molecule has 2 aromatic heterocycles. The van der Waals surface area contributed by atoms with Crippen LogP contribution in [0.4, 0.5) is 29.5 Å². The molecule has 0 atom stereocenters. The van der Waals surface area contributed by atoms with Crippen molar-refractivity contribution >= 4 is 17.6 Å². The fourth-order valence-electron chi connectivity index (χ4n) is 2.23. The van der Waals surface area contributed by atoms with Crippen LogP contribution in [0.3, 0.4) is 0 Å². The maximum absolute atomic E-state index is 12.5. The van der Waals surface area contributed by atoms with Crippen LogP contribution in [0.5, 0.6) is 0 Å². The maximum Gasteiger partial charge on any atom is 0.471 e. The number of amides is 1. The van der Waals surface area contributed by atoms with E-state index in [-0.39, 0.29) is 12.4 Å². The number of anilines is 2. The summed E-state index contributed by atoms with van der Waals surface area (Å²) in [6.07, 6.45) is -3.79. The second-order valence-corrected chi connectivity index (χ2v) is 6.12. The van der Waals surface area contributed by atoms with Gasteiger partial charge in [0.1, 0.15) is 12.4 Å². The molecule has 0 aliphatic heterocycles. The average molecular weight is 407 g/mol. The summed E-state index contributed by atoms with van der Waals surface area (Å²) < 4.78 is 46.8. The quantitative estimate of drug-likeness (QED) is 0.684. The van der Waals surface area contributed by atoms with Crippen molar-refractivity contribution in [2.45, 2.75) is 12.8 Å². The van der Waals surface area contributed by atoms with Gasteiger partial charge in [0.05, 0.1) is 0 Å². The smallest absolute Gasteiger partial charge is 0.444 e. The van der Waals surface area contributed by atoms with E-state index in [1.165, 1.54) is 24.3 Å². The third-order valence-electron chi connectivity index (χ3n) is 3.70. The van der Waals surface area contributed by atoms with E-state index < -0.39 is 18.2 Å². The van der Waals surface area contributed by atoms with Crippen LogP contribution in [0.2, 0.25) is 0 Å². The summed E-state index contributed by atoms with van der Waals surface area (Å²) in [5.41, 5.74) is 1.41. The molecule has 1 amide bonds. The average Bonchev–Trinajstić information content (AvgIpc) is 3.18. The predicted octanol–water partition coefficient (Wildman–Crippen LogP) is 3.97. The summed E-state index contributed by atoms with van der Waals surface area (Å²) in [6, 6.07) is 9.46. The molecule has 3 aromatic rings. The predicted molar refractivity (Wildman–Crippen MR) is 97.1 cm³/mol. The molecular weight excluding hydrogens is 391 g/mol. The van der Waals surface area contributed by atoms with Crippen molar-refractivity contribution in [1.29, 1.82) is 0 Å². The minimum Gasteiger partial charge on any atom is -0.444 e. The summed E-state index contributed by atoms with van der Waals surface area (Å²) in [5.74, 6) is -0.853. The van der Waals surface area contributed by atoms with Crippen LogP contribution in [0.15, 0.2) is 47.1 Å². The fraction of sp³-hybridized carbons (Fsp3) is 0.222. The lowest BCUT2D eigenvalue weighted by molar-refractivity contribution is -0.159. The van der Waals surface area contributed by atoms with Gasteiger partial charge in [-0.05, 0) is 30.3 Å². The molecule has 0 saturated heterocycles. The Morgan fingerprint density at radius 1 is 1.17 bits per heavy atom. The number of alkyl halides is 3. The molecule has 2 heterocycles. The third-order valence-corrected chi connectivity index (χ3v) is 3.70. The van der Waals surface area contributed by atoms with E-state index in [9.17, 15) is 18.0 Å². The number of aromatic nitrogens is 3. The SMILES string of the molecule is CN(C)c1ccc(COC(=O)Nc2ccc(-c3noc(C(F)(F)F)n3)cc2)cn1. The van der Waals surface area contributed by atoms with Crippen LogP contribution < -0.4 is 10.2 Å². The van der Waals surface area contributed by atoms with Crippen LogP contribution in [0.1, 0.15) is 11.5 Å². The van der Waals surface area contributed by atoms with E-state index in [2.05, 4.69) is 25.0 Å². The van der Waals surface area contributed by atoms with Gasteiger partial charge in [-0.25, -0.2) is 9.78 Å². The molecule has 0 aliphatic carbocycles. The zero-order valence-corrected chi connectivity index (χ0v) is 15.4. The van der Waals surface area contributed by atoms with Crippen LogP contribution in [-0.2, 0) is 17.5 Å². The van der Waals surface area contributed by atoms with Crippen molar-refractivity contribution in [2.75, 3.05) is 24.3 Å². The Kier molecular flexibility index (Phi) is 5.66. The first-order valence-electron chi connectivity index (χ1n) is 8.30. The van der Waals surface area contributed by atoms with Crippen molar-refractivity contribution < 1.29 is 27.2 Å². The number of nitrogens with one attached hydrogen (secondary N) is 1. The highest BCUT2D eigenvalue weighted by atomic mass is 19.4. The van der Waals surface area contributed by atoms with Gasteiger partial charge in [0.15, 0.2) is 0 Å². The number of ether oxygens (including phenoxy) is 1. The van der Waals surface area contributed by atoms with E-state index in [1.54, 1.807) is 18.3 Å². The Labute approximate surface area is 163 Å². The van der Waals surface area contributed by atoms with Gasteiger partial charge >= 0.3 is 18.2 Å². The second kappa shape index (κ2) is 8.17. The second-order valence-electron chi connectivity index (χ2n) is 6.12. The lowest BCUT2D eigenvalue weighted by Gasteiger charge is -2.11. The van der Waals surface area contributed by atoms with Gasteiger partial charge < -0.3 is 14.2 Å². The summed E-state index contributed by atoms with van der Waals surface area (Å²) >= 11 is 0. The maximum atomic E-state index is 12.5. The van der Waals surface area contributed by atoms with Crippen LogP contribution in [0.25, 0.3) is 11.4 Å². The standard InChI is InChI=1S/C18H16F3N5O3/c1-26(2)14-8-3-11(9-22-14)10-28-17(27)23-13-6-4-12(5-7-13)15-24-16(29-25-15)18(19,20)21/h3-9H,10H2,1-2H3,(H,23,27). The molecule has 0 radical (unpaired) electrons. The Bertz CT molecular complexity index is 970. The van der Waals surface area contributed by atoms with Crippen LogP contribution in [-0.4, -0.2) is 35.3 Å². The Morgan fingerprint density at radius 2 is 1.90 bits per heavy atom. The topological polar surface area (TPSA) is 93.4 Å². The highest BCUT2D eigenvalue weighted by Gasteiger charge is 2.38. The van der Waals surface area contributed by atoms with Crippen molar-refractivity contribution in [1.82, 2.24) is 15.1 Å². The molecule has 1 N–H and O–H groups in total. The lowest BCUT2D eigenvalue weighted by Crippen LogP contribution is -2.14. The fourth-order valence-corrected chi connectivity index (χ4v) is 2.23. The Balaban J connectivity index is 1.55. The van der Waals surface area contributed by atoms with Gasteiger partial charge in [0.2, 0.25) is 5.82 Å². The normalized spacial score (nSPS) is 11.2. The number of rotatable bonds is 5. The van der Waals surface area contributed by atoms with Gasteiger partial charge in [-0.2, -0.15) is 18.2 Å². The van der Waals surface area contributed by atoms with Gasteiger partial charge in [-0.3, -0.25) is 5.32 Å². The first-order chi connectivity index (χ1) is 13.7. The summed E-state index contributed by atoms with van der Waals surface area (Å²) in [7, 11) is 3.73. The largest absolute Gasteiger partial charge is 0.471 e. The molecule has 3 rings (SSSR count). The van der Waals surface area contributed by atoms with Crippen LogP contribution >= 0.6 is 0 Å². The van der Waals surface area contributed by atoms with E-state index in [0.29, 0.717) is 11.3 Å². The minimum atomic E-state index is -4.71. The number of halogens is 3. The highest BCUT2D eigenvalue weighted by Crippen LogP contribution is 2.29. The molecule has 152 valence electrons. The molecular formula is C18H16F3N5O3. The monoisotopic (exact) mass is 407 g/mol. The molecule has 0 bridgehead atoms. The minimum absolute atomic E-state index is 0.0354. The molecule has 8 nitrogen and oxygen atoms in total. The lowest BCUT2D eigenvalue weighted by atomic mass is 10.2. The third kappa shape index (κ3) is 5.21. The van der Waals surface area contributed by atoms with Crippen LogP contribution in [0, 0.1) is 0 Å². The first-order valence-corrected chi connectivity index (χ1v) is 8.30. The Morgan fingerprint density at radius 3 is 2.45 bits per heavy atom. The van der Waals surface area contributed by atoms with E-state index >= 15 is 0 Å². The van der Waals surface area contributed by atoms with Crippen molar-refractivity contribution in [3.63, 3.8) is 0 Å². The molecule has 0 aliphatic rings. The zero-order chi connectivity index (χ0) is 21.0. The molecule has 1 aromatic carbocycles. The first kappa shape index (κ1) is 20.1. The number of hydrogen-bond donors (Lipinski definition) is 1. The van der Waals surface area contributed by atoms with E-state index in [1.807, 2.05) is 19.0 Å². The number of benzene rings is 1. The Hall–Kier alpha value is -3.63. The van der Waals surface area contributed by atoms with E-state index in [0.717, 1.165) is 11.4 Å². The number of carbonyl (C=O) groups is 1. The summed E-state index contributed by atoms with van der Waals surface area (Å²) in [5, 5.41) is 5.81. The van der Waals surface area contributed by atoms with Gasteiger partial charge in [-0.1, -0.05) is 11.2 Å². The van der Waals surface area contributed by atoms with Gasteiger partial charge in [-0.15, -0.1) is 0 Å². The highest BCUT2D eigenvalue weighted by molar-refractivity contribution is 5.84.